The molecular weight excluding hydrogens is 258 g/mol. The van der Waals surface area contributed by atoms with Gasteiger partial charge in [0.25, 0.3) is 5.91 Å². The molecule has 6 nitrogen and oxygen atoms in total. The molecule has 6 heteroatoms. The second-order valence-corrected chi connectivity index (χ2v) is 5.38. The molecule has 0 aliphatic carbocycles. The summed E-state index contributed by atoms with van der Waals surface area (Å²) in [5.41, 5.74) is 8.30. The highest BCUT2D eigenvalue weighted by Gasteiger charge is 2.24. The van der Waals surface area contributed by atoms with Gasteiger partial charge in [-0.25, -0.2) is 0 Å². The normalized spacial score (nSPS) is 21.9. The Hall–Kier alpha value is -1.95. The zero-order chi connectivity index (χ0) is 14.1. The maximum atomic E-state index is 11.4. The average Bonchev–Trinajstić information content (AvgIpc) is 2.47. The van der Waals surface area contributed by atoms with Crippen LogP contribution in [0.15, 0.2) is 12.1 Å². The van der Waals surface area contributed by atoms with Crippen LogP contribution in [0.1, 0.15) is 12.8 Å². The quantitative estimate of drug-likeness (QED) is 0.696. The first-order chi connectivity index (χ1) is 9.67. The Labute approximate surface area is 117 Å². The van der Waals surface area contributed by atoms with Crippen molar-refractivity contribution in [3.8, 4) is 5.75 Å². The maximum absolute atomic E-state index is 11.4. The van der Waals surface area contributed by atoms with Gasteiger partial charge in [0.1, 0.15) is 5.75 Å². The Kier molecular flexibility index (Phi) is 3.40. The average molecular weight is 277 g/mol. The molecular formula is C14H19N3O3. The Bertz CT molecular complexity index is 533. The topological polar surface area (TPSA) is 87.8 Å². The summed E-state index contributed by atoms with van der Waals surface area (Å²) in [5, 5.41) is 12.1. The number of nitrogen functional groups attached to an aromatic ring is 1. The van der Waals surface area contributed by atoms with E-state index in [9.17, 15) is 9.90 Å². The number of aliphatic hydroxyl groups is 1. The molecule has 3 rings (SSSR count). The van der Waals surface area contributed by atoms with E-state index in [2.05, 4.69) is 10.2 Å². The van der Waals surface area contributed by atoms with E-state index in [1.54, 1.807) is 6.07 Å². The number of ether oxygens (including phenoxy) is 1. The van der Waals surface area contributed by atoms with Gasteiger partial charge >= 0.3 is 0 Å². The number of nitrogens with two attached hydrogens (primary N) is 1. The molecule has 1 unspecified atom stereocenters. The fourth-order valence-electron chi connectivity index (χ4n) is 2.84. The van der Waals surface area contributed by atoms with Crippen LogP contribution in [0, 0.1) is 5.92 Å². The van der Waals surface area contributed by atoms with Crippen LogP contribution in [-0.2, 0) is 4.79 Å². The summed E-state index contributed by atoms with van der Waals surface area (Å²) >= 11 is 0. The standard InChI is InChI=1S/C14H19N3O3/c15-10-4-13-11(16-14(19)8-20-13)5-12(10)17-3-1-2-9(6-17)7-18/h4-5,9,18H,1-3,6-8,15H2,(H,16,19). The van der Waals surface area contributed by atoms with Crippen LogP contribution in [0.4, 0.5) is 17.1 Å². The molecule has 2 aliphatic rings. The lowest BCUT2D eigenvalue weighted by Crippen LogP contribution is -2.37. The van der Waals surface area contributed by atoms with Gasteiger partial charge in [-0.3, -0.25) is 4.79 Å². The van der Waals surface area contributed by atoms with E-state index in [0.29, 0.717) is 17.1 Å². The number of carbonyl (C=O) groups is 1. The second-order valence-electron chi connectivity index (χ2n) is 5.38. The van der Waals surface area contributed by atoms with E-state index in [-0.39, 0.29) is 25.0 Å². The molecule has 0 saturated carbocycles. The molecule has 1 atom stereocenters. The van der Waals surface area contributed by atoms with Gasteiger partial charge in [-0.1, -0.05) is 0 Å². The third kappa shape index (κ3) is 2.38. The number of piperidine rings is 1. The van der Waals surface area contributed by atoms with Gasteiger partial charge in [0.05, 0.1) is 17.1 Å². The number of carbonyl (C=O) groups excluding carboxylic acids is 1. The zero-order valence-corrected chi connectivity index (χ0v) is 11.3. The van der Waals surface area contributed by atoms with Gasteiger partial charge in [-0.05, 0) is 24.8 Å². The minimum atomic E-state index is -0.153. The first-order valence-electron chi connectivity index (χ1n) is 6.89. The highest BCUT2D eigenvalue weighted by Crippen LogP contribution is 2.38. The first-order valence-corrected chi connectivity index (χ1v) is 6.89. The van der Waals surface area contributed by atoms with Crippen LogP contribution < -0.4 is 20.7 Å². The second kappa shape index (κ2) is 5.20. The molecule has 0 spiro atoms. The lowest BCUT2D eigenvalue weighted by atomic mass is 9.98. The van der Waals surface area contributed by atoms with E-state index in [1.165, 1.54) is 0 Å². The van der Waals surface area contributed by atoms with Crippen molar-refractivity contribution in [3.63, 3.8) is 0 Å². The van der Waals surface area contributed by atoms with Crippen molar-refractivity contribution in [3.05, 3.63) is 12.1 Å². The van der Waals surface area contributed by atoms with Crippen LogP contribution in [0.3, 0.4) is 0 Å². The van der Waals surface area contributed by atoms with Gasteiger partial charge in [0.15, 0.2) is 6.61 Å². The largest absolute Gasteiger partial charge is 0.482 e. The molecule has 0 radical (unpaired) electrons. The predicted octanol–water partition coefficient (Wildman–Crippen LogP) is 0.808. The summed E-state index contributed by atoms with van der Waals surface area (Å²) in [5.74, 6) is 0.742. The lowest BCUT2D eigenvalue weighted by molar-refractivity contribution is -0.118. The Balaban J connectivity index is 1.89. The number of anilines is 3. The Morgan fingerprint density at radius 3 is 3.15 bits per heavy atom. The molecule has 1 aromatic carbocycles. The van der Waals surface area contributed by atoms with Gasteiger partial charge in [0, 0.05) is 25.8 Å². The monoisotopic (exact) mass is 277 g/mol. The van der Waals surface area contributed by atoms with Gasteiger partial charge < -0.3 is 25.8 Å². The fourth-order valence-corrected chi connectivity index (χ4v) is 2.84. The number of aliphatic hydroxyl groups excluding tert-OH is 1. The molecule has 1 fully saturated rings. The van der Waals surface area contributed by atoms with Crippen molar-refractivity contribution in [2.75, 3.05) is 42.3 Å². The zero-order valence-electron chi connectivity index (χ0n) is 11.3. The van der Waals surface area contributed by atoms with E-state index in [4.69, 9.17) is 10.5 Å². The summed E-state index contributed by atoms with van der Waals surface area (Å²) in [7, 11) is 0. The highest BCUT2D eigenvalue weighted by molar-refractivity contribution is 5.97. The van der Waals surface area contributed by atoms with Crippen molar-refractivity contribution in [1.29, 1.82) is 0 Å². The number of nitrogens with zero attached hydrogens (tertiary/aromatic N) is 1. The molecule has 2 heterocycles. The number of amides is 1. The van der Waals surface area contributed by atoms with Crippen molar-refractivity contribution in [2.45, 2.75) is 12.8 Å². The van der Waals surface area contributed by atoms with E-state index in [1.807, 2.05) is 6.07 Å². The van der Waals surface area contributed by atoms with Gasteiger partial charge in [0.2, 0.25) is 0 Å². The predicted molar refractivity (Wildman–Crippen MR) is 77.0 cm³/mol. The molecule has 0 aromatic heterocycles. The van der Waals surface area contributed by atoms with E-state index < -0.39 is 0 Å². The minimum absolute atomic E-state index is 0.0298. The minimum Gasteiger partial charge on any atom is -0.482 e. The number of benzene rings is 1. The molecule has 4 N–H and O–H groups in total. The van der Waals surface area contributed by atoms with Crippen LogP contribution in [0.2, 0.25) is 0 Å². The third-order valence-corrected chi connectivity index (χ3v) is 3.88. The SMILES string of the molecule is Nc1cc2c(cc1N1CCCC(CO)C1)NC(=O)CO2. The van der Waals surface area contributed by atoms with Crippen molar-refractivity contribution < 1.29 is 14.6 Å². The number of nitrogens with one attached hydrogen (secondary N) is 1. The van der Waals surface area contributed by atoms with Crippen LogP contribution in [0.25, 0.3) is 0 Å². The molecule has 2 aliphatic heterocycles. The first kappa shape index (κ1) is 13.1. The summed E-state index contributed by atoms with van der Waals surface area (Å²) in [6, 6.07) is 3.62. The summed E-state index contributed by atoms with van der Waals surface area (Å²) in [6.07, 6.45) is 2.07. The molecule has 1 saturated heterocycles. The summed E-state index contributed by atoms with van der Waals surface area (Å²) in [6.45, 7) is 1.92. The third-order valence-electron chi connectivity index (χ3n) is 3.88. The fraction of sp³-hybridized carbons (Fsp3) is 0.500. The molecule has 1 aromatic rings. The Morgan fingerprint density at radius 1 is 1.50 bits per heavy atom. The Morgan fingerprint density at radius 2 is 2.35 bits per heavy atom. The number of fused-ring (bicyclic) bond motifs is 1. The van der Waals surface area contributed by atoms with Crippen LogP contribution in [0.5, 0.6) is 5.75 Å². The molecule has 1 amide bonds. The number of rotatable bonds is 2. The van der Waals surface area contributed by atoms with Gasteiger partial charge in [-0.2, -0.15) is 0 Å². The lowest BCUT2D eigenvalue weighted by Gasteiger charge is -2.35. The summed E-state index contributed by atoms with van der Waals surface area (Å²) in [4.78, 5) is 13.6. The van der Waals surface area contributed by atoms with Crippen LogP contribution >= 0.6 is 0 Å². The van der Waals surface area contributed by atoms with Crippen molar-refractivity contribution in [1.82, 2.24) is 0 Å². The van der Waals surface area contributed by atoms with Crippen molar-refractivity contribution in [2.24, 2.45) is 5.92 Å². The number of hydrogen-bond donors (Lipinski definition) is 3. The van der Waals surface area contributed by atoms with E-state index >= 15 is 0 Å². The highest BCUT2D eigenvalue weighted by atomic mass is 16.5. The molecule has 0 bridgehead atoms. The smallest absolute Gasteiger partial charge is 0.262 e. The van der Waals surface area contributed by atoms with Crippen LogP contribution in [-0.4, -0.2) is 37.3 Å². The summed E-state index contributed by atoms with van der Waals surface area (Å²) < 4.78 is 5.35. The number of hydrogen-bond acceptors (Lipinski definition) is 5. The molecule has 108 valence electrons. The molecule has 20 heavy (non-hydrogen) atoms. The van der Waals surface area contributed by atoms with E-state index in [0.717, 1.165) is 31.6 Å². The van der Waals surface area contributed by atoms with Crippen molar-refractivity contribution >= 4 is 23.0 Å². The van der Waals surface area contributed by atoms with Gasteiger partial charge in [-0.15, -0.1) is 0 Å². The maximum Gasteiger partial charge on any atom is 0.262 e.